The molecule has 1 unspecified atom stereocenters. The van der Waals surface area contributed by atoms with Crippen molar-refractivity contribution >= 4 is 63.7 Å². The number of aryl methyl sites for hydroxylation is 1. The molecule has 3 saturated heterocycles. The molecule has 59 heavy (non-hydrogen) atoms. The Balaban J connectivity index is 1.01. The zero-order valence-corrected chi connectivity index (χ0v) is 33.6. The molecule has 17 heteroatoms. The molecule has 0 radical (unpaired) electrons. The number of nitriles is 2. The van der Waals surface area contributed by atoms with Crippen LogP contribution < -0.4 is 30.5 Å². The first kappa shape index (κ1) is 42.6. The Kier molecular flexibility index (Phi) is 12.6. The van der Waals surface area contributed by atoms with Crippen LogP contribution in [0.15, 0.2) is 54.6 Å². The quantitative estimate of drug-likeness (QED) is 0.139. The minimum absolute atomic E-state index is 0.0130. The number of nitrogens with zero attached hydrogens (tertiary/aromatic N) is 5. The summed E-state index contributed by atoms with van der Waals surface area (Å²) in [7, 11) is 0. The van der Waals surface area contributed by atoms with Gasteiger partial charge < -0.3 is 20.3 Å². The zero-order valence-electron chi connectivity index (χ0n) is 32.7. The van der Waals surface area contributed by atoms with Gasteiger partial charge in [-0.05, 0) is 137 Å². The molecule has 3 aliphatic rings. The molecule has 3 aromatic carbocycles. The van der Waals surface area contributed by atoms with Gasteiger partial charge in [-0.2, -0.15) is 23.7 Å². The van der Waals surface area contributed by atoms with Crippen molar-refractivity contribution in [3.63, 3.8) is 0 Å². The highest BCUT2D eigenvalue weighted by molar-refractivity contribution is 7.81. The number of alkyl halides is 3. The maximum absolute atomic E-state index is 13.8. The van der Waals surface area contributed by atoms with Crippen LogP contribution in [-0.4, -0.2) is 71.5 Å². The number of benzene rings is 3. The molecule has 13 nitrogen and oxygen atoms in total. The molecule has 3 N–H and O–H groups in total. The number of likely N-dealkylation sites (tertiary alicyclic amines) is 1. The van der Waals surface area contributed by atoms with Crippen LogP contribution in [0.5, 0.6) is 5.75 Å². The second-order valence-corrected chi connectivity index (χ2v) is 15.6. The molecule has 0 spiro atoms. The summed E-state index contributed by atoms with van der Waals surface area (Å²) in [5.74, 6) is -0.452. The van der Waals surface area contributed by atoms with Crippen molar-refractivity contribution in [2.75, 3.05) is 46.7 Å². The van der Waals surface area contributed by atoms with Gasteiger partial charge in [-0.15, -0.1) is 0 Å². The summed E-state index contributed by atoms with van der Waals surface area (Å²) in [5.41, 5.74) is -0.343. The number of thiocarbonyl (C=S) groups is 1. The van der Waals surface area contributed by atoms with E-state index in [1.165, 1.54) is 6.07 Å². The molecule has 4 amide bonds. The smallest absolute Gasteiger partial charge is 0.417 e. The van der Waals surface area contributed by atoms with Crippen LogP contribution in [0.3, 0.4) is 0 Å². The number of halogens is 3. The van der Waals surface area contributed by atoms with Gasteiger partial charge in [-0.1, -0.05) is 6.92 Å². The number of hydrogen-bond donors (Lipinski definition) is 3. The van der Waals surface area contributed by atoms with Crippen molar-refractivity contribution in [3.05, 3.63) is 76.9 Å². The molecule has 0 aliphatic carbocycles. The maximum atomic E-state index is 13.8. The number of ether oxygens (including phenoxy) is 1. The lowest BCUT2D eigenvalue weighted by molar-refractivity contribution is -0.138. The lowest BCUT2D eigenvalue weighted by Crippen LogP contribution is -2.47. The van der Waals surface area contributed by atoms with E-state index in [-0.39, 0.29) is 35.6 Å². The van der Waals surface area contributed by atoms with Gasteiger partial charge >= 0.3 is 6.18 Å². The van der Waals surface area contributed by atoms with Crippen molar-refractivity contribution in [2.45, 2.75) is 77.1 Å². The van der Waals surface area contributed by atoms with Gasteiger partial charge in [0.25, 0.3) is 5.91 Å². The standard InChI is InChI=1S/C42H43F3N8O5S/c1-4-27-19-32(53-40(59)52(39(57)41(53,2)3)31-6-5-28(23-47)33(21-31)42(43,44)45)7-9-35(27)58-16-13-25-11-14-51(15-12-25)24-37(55)49-30-18-26(22-46)17-29(20-30)48-34-8-10-36(54)50-38(34)56/h5-7,9,17-21,25,34,48H,4,8,10-16,24H2,1-3H3,(H,49,55)(H,50,54,56). The fraction of sp³-hybridized carbons (Fsp3) is 0.405. The third-order valence-electron chi connectivity index (χ3n) is 10.8. The lowest BCUT2D eigenvalue weighted by atomic mass is 9.94. The van der Waals surface area contributed by atoms with Crippen molar-refractivity contribution in [1.29, 1.82) is 10.5 Å². The minimum atomic E-state index is -4.80. The fourth-order valence-corrected chi connectivity index (χ4v) is 8.16. The van der Waals surface area contributed by atoms with Crippen molar-refractivity contribution < 1.29 is 37.1 Å². The van der Waals surface area contributed by atoms with Crippen LogP contribution in [-0.2, 0) is 31.8 Å². The Morgan fingerprint density at radius 2 is 1.69 bits per heavy atom. The summed E-state index contributed by atoms with van der Waals surface area (Å²) in [6.45, 7) is 7.34. The van der Waals surface area contributed by atoms with Gasteiger partial charge in [-0.3, -0.25) is 34.3 Å². The Bertz CT molecular complexity index is 2260. The summed E-state index contributed by atoms with van der Waals surface area (Å²) in [6, 6.07) is 16.3. The van der Waals surface area contributed by atoms with Crippen LogP contribution in [0.2, 0.25) is 0 Å². The number of carbonyl (C=O) groups is 4. The minimum Gasteiger partial charge on any atom is -0.493 e. The molecule has 308 valence electrons. The Labute approximate surface area is 345 Å². The van der Waals surface area contributed by atoms with Gasteiger partial charge in [0, 0.05) is 23.5 Å². The van der Waals surface area contributed by atoms with E-state index in [0.717, 1.165) is 54.9 Å². The monoisotopic (exact) mass is 828 g/mol. The predicted octanol–water partition coefficient (Wildman–Crippen LogP) is 6.26. The summed E-state index contributed by atoms with van der Waals surface area (Å²) in [4.78, 5) is 55.2. The van der Waals surface area contributed by atoms with E-state index in [2.05, 4.69) is 26.9 Å². The number of piperidine rings is 2. The Morgan fingerprint density at radius 1 is 0.983 bits per heavy atom. The van der Waals surface area contributed by atoms with Gasteiger partial charge in [0.2, 0.25) is 17.7 Å². The first-order valence-electron chi connectivity index (χ1n) is 19.3. The Hall–Kier alpha value is -6.04. The summed E-state index contributed by atoms with van der Waals surface area (Å²) < 4.78 is 47.6. The van der Waals surface area contributed by atoms with E-state index in [1.54, 1.807) is 49.1 Å². The second-order valence-electron chi connectivity index (χ2n) is 15.3. The number of carbonyl (C=O) groups excluding carboxylic acids is 4. The van der Waals surface area contributed by atoms with E-state index in [1.807, 2.05) is 19.1 Å². The second kappa shape index (κ2) is 17.4. The van der Waals surface area contributed by atoms with Gasteiger partial charge in [0.15, 0.2) is 5.11 Å². The van der Waals surface area contributed by atoms with Crippen molar-refractivity contribution in [3.8, 4) is 17.9 Å². The third kappa shape index (κ3) is 9.48. The summed E-state index contributed by atoms with van der Waals surface area (Å²) >= 11 is 5.71. The molecule has 0 aromatic heterocycles. The van der Waals surface area contributed by atoms with Crippen LogP contribution in [0.25, 0.3) is 0 Å². The SMILES string of the molecule is CCc1cc(N2C(=S)N(c3ccc(C#N)c(C(F)(F)F)c3)C(=O)C2(C)C)ccc1OCCC1CCN(CC(=O)Nc2cc(C#N)cc(NC3CCC(=O)NC3=O)c2)CC1. The summed E-state index contributed by atoms with van der Waals surface area (Å²) in [6.07, 6.45) is -1.13. The van der Waals surface area contributed by atoms with Crippen LogP contribution in [0.4, 0.5) is 35.9 Å². The highest BCUT2D eigenvalue weighted by Gasteiger charge is 2.51. The van der Waals surface area contributed by atoms with Crippen LogP contribution in [0, 0.1) is 28.6 Å². The number of hydrogen-bond acceptors (Lipinski definition) is 10. The molecular weight excluding hydrogens is 786 g/mol. The maximum Gasteiger partial charge on any atom is 0.417 e. The molecule has 6 rings (SSSR count). The number of amides is 4. The first-order chi connectivity index (χ1) is 28.0. The zero-order chi connectivity index (χ0) is 42.6. The molecule has 3 aromatic rings. The van der Waals surface area contributed by atoms with Gasteiger partial charge in [0.05, 0.1) is 47.7 Å². The normalized spacial score (nSPS) is 18.6. The Morgan fingerprint density at radius 3 is 2.36 bits per heavy atom. The topological polar surface area (TPSA) is 171 Å². The van der Waals surface area contributed by atoms with Gasteiger partial charge in [-0.25, -0.2) is 0 Å². The highest BCUT2D eigenvalue weighted by Crippen LogP contribution is 2.41. The number of anilines is 4. The highest BCUT2D eigenvalue weighted by atomic mass is 32.1. The molecule has 0 bridgehead atoms. The van der Waals surface area contributed by atoms with E-state index >= 15 is 0 Å². The average Bonchev–Trinajstić information content (AvgIpc) is 3.37. The average molecular weight is 829 g/mol. The van der Waals surface area contributed by atoms with E-state index in [4.69, 9.17) is 17.0 Å². The molecule has 3 heterocycles. The van der Waals surface area contributed by atoms with Crippen LogP contribution >= 0.6 is 12.2 Å². The van der Waals surface area contributed by atoms with E-state index in [9.17, 15) is 42.9 Å². The van der Waals surface area contributed by atoms with E-state index < -0.39 is 40.7 Å². The lowest BCUT2D eigenvalue weighted by Gasteiger charge is -2.31. The summed E-state index contributed by atoms with van der Waals surface area (Å²) in [5, 5.41) is 27.0. The molecular formula is C42H43F3N8O5S. The van der Waals surface area contributed by atoms with Crippen molar-refractivity contribution in [1.82, 2.24) is 10.2 Å². The number of rotatable bonds is 12. The molecule has 3 fully saturated rings. The van der Waals surface area contributed by atoms with Crippen molar-refractivity contribution in [2.24, 2.45) is 5.92 Å². The van der Waals surface area contributed by atoms with E-state index in [0.29, 0.717) is 53.7 Å². The largest absolute Gasteiger partial charge is 0.493 e. The van der Waals surface area contributed by atoms with Crippen LogP contribution in [0.1, 0.15) is 75.1 Å². The third-order valence-corrected chi connectivity index (χ3v) is 11.2. The molecule has 0 saturated carbocycles. The number of nitrogens with one attached hydrogen (secondary N) is 3. The molecule has 3 aliphatic heterocycles. The number of imide groups is 1. The first-order valence-corrected chi connectivity index (χ1v) is 19.7. The fourth-order valence-electron chi connectivity index (χ4n) is 7.63. The van der Waals surface area contributed by atoms with Gasteiger partial charge in [0.1, 0.15) is 17.3 Å². The predicted molar refractivity (Wildman–Crippen MR) is 217 cm³/mol. The molecule has 1 atom stereocenters.